The second-order valence-corrected chi connectivity index (χ2v) is 5.21. The first kappa shape index (κ1) is 14.0. The highest BCUT2D eigenvalue weighted by molar-refractivity contribution is 4.69. The van der Waals surface area contributed by atoms with E-state index < -0.39 is 0 Å². The Kier molecular flexibility index (Phi) is 7.87. The molecule has 0 aromatic heterocycles. The van der Waals surface area contributed by atoms with Gasteiger partial charge in [-0.15, -0.1) is 0 Å². The third-order valence-electron chi connectivity index (χ3n) is 3.59. The van der Waals surface area contributed by atoms with Crippen LogP contribution in [0.5, 0.6) is 0 Å². The lowest BCUT2D eigenvalue weighted by Crippen LogP contribution is -2.33. The van der Waals surface area contributed by atoms with E-state index in [0.29, 0.717) is 6.04 Å². The van der Waals surface area contributed by atoms with Crippen LogP contribution in [0.2, 0.25) is 0 Å². The van der Waals surface area contributed by atoms with Gasteiger partial charge in [-0.1, -0.05) is 32.6 Å². The molecule has 1 rings (SSSR count). The Hall–Kier alpha value is -0.0800. The van der Waals surface area contributed by atoms with E-state index in [4.69, 9.17) is 4.74 Å². The van der Waals surface area contributed by atoms with Crippen molar-refractivity contribution in [1.82, 2.24) is 5.32 Å². The zero-order chi connectivity index (χ0) is 11.6. The Labute approximate surface area is 101 Å². The molecule has 1 heterocycles. The number of rotatable bonds is 8. The Morgan fingerprint density at radius 2 is 1.94 bits per heavy atom. The van der Waals surface area contributed by atoms with Gasteiger partial charge in [-0.2, -0.15) is 0 Å². The summed E-state index contributed by atoms with van der Waals surface area (Å²) in [5.74, 6) is 0.854. The Balaban J connectivity index is 1.94. The predicted octanol–water partition coefficient (Wildman–Crippen LogP) is 3.36. The molecule has 1 atom stereocenters. The average molecular weight is 227 g/mol. The molecule has 1 aliphatic rings. The summed E-state index contributed by atoms with van der Waals surface area (Å²) in [5, 5.41) is 3.67. The Morgan fingerprint density at radius 3 is 2.62 bits per heavy atom. The first-order chi connectivity index (χ1) is 7.83. The molecule has 0 aliphatic carbocycles. The van der Waals surface area contributed by atoms with Crippen LogP contribution in [0.1, 0.15) is 58.8 Å². The van der Waals surface area contributed by atoms with Crippen molar-refractivity contribution in [2.75, 3.05) is 19.8 Å². The summed E-state index contributed by atoms with van der Waals surface area (Å²) in [5.41, 5.74) is 0. The van der Waals surface area contributed by atoms with Gasteiger partial charge in [0, 0.05) is 19.3 Å². The Bertz CT molecular complexity index is 155. The molecule has 1 aliphatic heterocycles. The highest BCUT2D eigenvalue weighted by Crippen LogP contribution is 2.14. The van der Waals surface area contributed by atoms with Crippen molar-refractivity contribution in [3.63, 3.8) is 0 Å². The van der Waals surface area contributed by atoms with Gasteiger partial charge in [-0.3, -0.25) is 0 Å². The molecule has 1 unspecified atom stereocenters. The van der Waals surface area contributed by atoms with E-state index in [9.17, 15) is 0 Å². The standard InChI is InChI=1S/C14H29NO/c1-3-4-5-6-7-13(2)15-12-14-8-10-16-11-9-14/h13-15H,3-12H2,1-2H3. The van der Waals surface area contributed by atoms with Crippen LogP contribution in [0.3, 0.4) is 0 Å². The second kappa shape index (κ2) is 9.00. The van der Waals surface area contributed by atoms with Gasteiger partial charge in [0.15, 0.2) is 0 Å². The summed E-state index contributed by atoms with van der Waals surface area (Å²) in [4.78, 5) is 0. The van der Waals surface area contributed by atoms with Crippen LogP contribution < -0.4 is 5.32 Å². The fourth-order valence-corrected chi connectivity index (χ4v) is 2.30. The fourth-order valence-electron chi connectivity index (χ4n) is 2.30. The predicted molar refractivity (Wildman–Crippen MR) is 69.8 cm³/mol. The average Bonchev–Trinajstić information content (AvgIpc) is 2.33. The molecule has 2 nitrogen and oxygen atoms in total. The van der Waals surface area contributed by atoms with Crippen LogP contribution in [0.4, 0.5) is 0 Å². The van der Waals surface area contributed by atoms with E-state index in [1.165, 1.54) is 51.5 Å². The van der Waals surface area contributed by atoms with Gasteiger partial charge in [0.1, 0.15) is 0 Å². The minimum absolute atomic E-state index is 0.694. The highest BCUT2D eigenvalue weighted by atomic mass is 16.5. The summed E-state index contributed by atoms with van der Waals surface area (Å²) < 4.78 is 5.37. The van der Waals surface area contributed by atoms with E-state index in [1.54, 1.807) is 0 Å². The number of hydrogen-bond donors (Lipinski definition) is 1. The Morgan fingerprint density at radius 1 is 1.19 bits per heavy atom. The van der Waals surface area contributed by atoms with Crippen LogP contribution >= 0.6 is 0 Å². The van der Waals surface area contributed by atoms with Gasteiger partial charge < -0.3 is 10.1 Å². The molecular weight excluding hydrogens is 198 g/mol. The van der Waals surface area contributed by atoms with E-state index in [0.717, 1.165) is 19.1 Å². The largest absolute Gasteiger partial charge is 0.381 e. The summed E-state index contributed by atoms with van der Waals surface area (Å²) in [6.07, 6.45) is 9.35. The molecule has 0 radical (unpaired) electrons. The van der Waals surface area contributed by atoms with Crippen LogP contribution in [0, 0.1) is 5.92 Å². The van der Waals surface area contributed by atoms with Crippen molar-refractivity contribution in [3.8, 4) is 0 Å². The normalized spacial score (nSPS) is 19.9. The van der Waals surface area contributed by atoms with E-state index in [2.05, 4.69) is 19.2 Å². The quantitative estimate of drug-likeness (QED) is 0.642. The zero-order valence-corrected chi connectivity index (χ0v) is 11.1. The first-order valence-corrected chi connectivity index (χ1v) is 7.14. The van der Waals surface area contributed by atoms with Gasteiger partial charge in [-0.05, 0) is 38.6 Å². The zero-order valence-electron chi connectivity index (χ0n) is 11.1. The molecule has 0 spiro atoms. The SMILES string of the molecule is CCCCCCC(C)NCC1CCOCC1. The topological polar surface area (TPSA) is 21.3 Å². The number of nitrogens with one attached hydrogen (secondary N) is 1. The summed E-state index contributed by atoms with van der Waals surface area (Å²) in [6, 6.07) is 0.694. The van der Waals surface area contributed by atoms with E-state index in [-0.39, 0.29) is 0 Å². The molecule has 0 saturated carbocycles. The number of ether oxygens (including phenoxy) is 1. The molecular formula is C14H29NO. The first-order valence-electron chi connectivity index (χ1n) is 7.14. The third kappa shape index (κ3) is 6.49. The molecule has 0 aromatic rings. The van der Waals surface area contributed by atoms with Gasteiger partial charge in [-0.25, -0.2) is 0 Å². The second-order valence-electron chi connectivity index (χ2n) is 5.21. The lowest BCUT2D eigenvalue weighted by molar-refractivity contribution is 0.0655. The molecule has 1 saturated heterocycles. The maximum absolute atomic E-state index is 5.37. The molecule has 1 fully saturated rings. The summed E-state index contributed by atoms with van der Waals surface area (Å²) in [7, 11) is 0. The van der Waals surface area contributed by atoms with Gasteiger partial charge >= 0.3 is 0 Å². The lowest BCUT2D eigenvalue weighted by Gasteiger charge is -2.24. The monoisotopic (exact) mass is 227 g/mol. The molecule has 0 aromatic carbocycles. The van der Waals surface area contributed by atoms with Crippen LogP contribution in [-0.2, 0) is 4.74 Å². The van der Waals surface area contributed by atoms with Crippen molar-refractivity contribution in [1.29, 1.82) is 0 Å². The van der Waals surface area contributed by atoms with Crippen LogP contribution in [0.25, 0.3) is 0 Å². The van der Waals surface area contributed by atoms with Crippen molar-refractivity contribution in [3.05, 3.63) is 0 Å². The highest BCUT2D eigenvalue weighted by Gasteiger charge is 2.14. The third-order valence-corrected chi connectivity index (χ3v) is 3.59. The molecule has 2 heteroatoms. The van der Waals surface area contributed by atoms with Crippen LogP contribution in [0.15, 0.2) is 0 Å². The van der Waals surface area contributed by atoms with Crippen molar-refractivity contribution in [2.45, 2.75) is 64.8 Å². The van der Waals surface area contributed by atoms with Crippen LogP contribution in [-0.4, -0.2) is 25.8 Å². The maximum atomic E-state index is 5.37. The summed E-state index contributed by atoms with van der Waals surface area (Å²) >= 11 is 0. The summed E-state index contributed by atoms with van der Waals surface area (Å²) in [6.45, 7) is 7.73. The van der Waals surface area contributed by atoms with Crippen molar-refractivity contribution in [2.24, 2.45) is 5.92 Å². The fraction of sp³-hybridized carbons (Fsp3) is 1.00. The molecule has 96 valence electrons. The van der Waals surface area contributed by atoms with Gasteiger partial charge in [0.05, 0.1) is 0 Å². The van der Waals surface area contributed by atoms with E-state index in [1.807, 2.05) is 0 Å². The number of hydrogen-bond acceptors (Lipinski definition) is 2. The van der Waals surface area contributed by atoms with Gasteiger partial charge in [0.25, 0.3) is 0 Å². The minimum Gasteiger partial charge on any atom is -0.381 e. The molecule has 16 heavy (non-hydrogen) atoms. The molecule has 0 amide bonds. The molecule has 0 bridgehead atoms. The molecule has 1 N–H and O–H groups in total. The minimum atomic E-state index is 0.694. The maximum Gasteiger partial charge on any atom is 0.0469 e. The van der Waals surface area contributed by atoms with Crippen molar-refractivity contribution >= 4 is 0 Å². The van der Waals surface area contributed by atoms with Gasteiger partial charge in [0.2, 0.25) is 0 Å². The smallest absolute Gasteiger partial charge is 0.0469 e. The van der Waals surface area contributed by atoms with E-state index >= 15 is 0 Å². The lowest BCUT2D eigenvalue weighted by atomic mass is 9.99. The number of unbranched alkanes of at least 4 members (excludes halogenated alkanes) is 3. The van der Waals surface area contributed by atoms with Crippen molar-refractivity contribution < 1.29 is 4.74 Å².